The van der Waals surface area contributed by atoms with Crippen molar-refractivity contribution in [1.82, 2.24) is 4.98 Å². The van der Waals surface area contributed by atoms with E-state index < -0.39 is 0 Å². The van der Waals surface area contributed by atoms with Gasteiger partial charge in [0.1, 0.15) is 11.5 Å². The lowest BCUT2D eigenvalue weighted by Gasteiger charge is -2.09. The van der Waals surface area contributed by atoms with Crippen LogP contribution in [0.5, 0.6) is 11.5 Å². The van der Waals surface area contributed by atoms with Crippen LogP contribution >= 0.6 is 11.3 Å². The molecule has 2 aromatic carbocycles. The summed E-state index contributed by atoms with van der Waals surface area (Å²) in [5.41, 5.74) is 2.63. The lowest BCUT2D eigenvalue weighted by Crippen LogP contribution is -2.20. The largest absolute Gasteiger partial charge is 0.496 e. The van der Waals surface area contributed by atoms with Gasteiger partial charge >= 0.3 is 0 Å². The normalized spacial score (nSPS) is 10.3. The Balaban J connectivity index is 1.62. The highest BCUT2D eigenvalue weighted by molar-refractivity contribution is 7.14. The quantitative estimate of drug-likeness (QED) is 0.582. The lowest BCUT2D eigenvalue weighted by atomic mass is 10.1. The molecule has 0 aliphatic carbocycles. The fraction of sp³-hybridized carbons (Fsp3) is 0.143. The first kappa shape index (κ1) is 18.7. The number of carbonyl (C=O) groups excluding carboxylic acids is 1. The van der Waals surface area contributed by atoms with E-state index in [4.69, 9.17) is 9.47 Å². The smallest absolute Gasteiger partial charge is 0.264 e. The second kappa shape index (κ2) is 9.00. The summed E-state index contributed by atoms with van der Waals surface area (Å²) in [4.78, 5) is 16.7. The molecule has 0 spiro atoms. The topological polar surface area (TPSA) is 60.5 Å². The first-order valence-electron chi connectivity index (χ1n) is 8.41. The molecule has 5 nitrogen and oxygen atoms in total. The van der Waals surface area contributed by atoms with Crippen molar-refractivity contribution in [2.24, 2.45) is 0 Å². The van der Waals surface area contributed by atoms with Gasteiger partial charge in [-0.1, -0.05) is 36.4 Å². The summed E-state index contributed by atoms with van der Waals surface area (Å²) in [7, 11) is 1.62. The van der Waals surface area contributed by atoms with Crippen molar-refractivity contribution in [2.45, 2.75) is 6.42 Å². The van der Waals surface area contributed by atoms with Crippen LogP contribution in [0.4, 0.5) is 5.13 Å². The molecule has 3 rings (SSSR count). The predicted octanol–water partition coefficient (Wildman–Crippen LogP) is 4.56. The molecule has 1 amide bonds. The van der Waals surface area contributed by atoms with Crippen LogP contribution in [0.25, 0.3) is 11.3 Å². The summed E-state index contributed by atoms with van der Waals surface area (Å²) in [6, 6.07) is 15.2. The lowest BCUT2D eigenvalue weighted by molar-refractivity contribution is -0.118. The Morgan fingerprint density at radius 3 is 2.70 bits per heavy atom. The van der Waals surface area contributed by atoms with Gasteiger partial charge < -0.3 is 9.47 Å². The highest BCUT2D eigenvalue weighted by Crippen LogP contribution is 2.31. The van der Waals surface area contributed by atoms with Crippen LogP contribution in [-0.2, 0) is 11.2 Å². The predicted molar refractivity (Wildman–Crippen MR) is 109 cm³/mol. The molecule has 138 valence electrons. The van der Waals surface area contributed by atoms with E-state index in [1.807, 2.05) is 53.9 Å². The molecule has 0 aliphatic heterocycles. The maximum Gasteiger partial charge on any atom is 0.264 e. The van der Waals surface area contributed by atoms with E-state index in [1.165, 1.54) is 11.3 Å². The summed E-state index contributed by atoms with van der Waals surface area (Å²) in [6.07, 6.45) is 2.49. The van der Waals surface area contributed by atoms with Crippen molar-refractivity contribution < 1.29 is 14.3 Å². The second-order valence-corrected chi connectivity index (χ2v) is 6.53. The molecule has 0 fully saturated rings. The van der Waals surface area contributed by atoms with Gasteiger partial charge in [0, 0.05) is 10.9 Å². The van der Waals surface area contributed by atoms with Crippen molar-refractivity contribution >= 4 is 22.4 Å². The zero-order valence-corrected chi connectivity index (χ0v) is 15.8. The van der Waals surface area contributed by atoms with Crippen LogP contribution in [0.2, 0.25) is 0 Å². The molecule has 0 radical (unpaired) electrons. The molecular formula is C21H20N2O3S. The van der Waals surface area contributed by atoms with Crippen LogP contribution in [0, 0.1) is 0 Å². The molecule has 3 aromatic rings. The Labute approximate surface area is 162 Å². The number of benzene rings is 2. The van der Waals surface area contributed by atoms with Gasteiger partial charge in [0.15, 0.2) is 11.7 Å². The summed E-state index contributed by atoms with van der Waals surface area (Å²) in [6.45, 7) is 3.65. The van der Waals surface area contributed by atoms with E-state index in [2.05, 4.69) is 16.9 Å². The van der Waals surface area contributed by atoms with Gasteiger partial charge in [0.05, 0.1) is 12.8 Å². The van der Waals surface area contributed by atoms with Gasteiger partial charge in [-0.15, -0.1) is 17.9 Å². The van der Waals surface area contributed by atoms with Crippen LogP contribution in [0.15, 0.2) is 66.6 Å². The van der Waals surface area contributed by atoms with Crippen molar-refractivity contribution in [1.29, 1.82) is 0 Å². The van der Waals surface area contributed by atoms with Crippen molar-refractivity contribution in [3.8, 4) is 22.8 Å². The molecular weight excluding hydrogens is 360 g/mol. The molecule has 1 aromatic heterocycles. The molecule has 0 saturated heterocycles. The van der Waals surface area contributed by atoms with Crippen LogP contribution < -0.4 is 14.8 Å². The van der Waals surface area contributed by atoms with E-state index in [0.717, 1.165) is 22.6 Å². The minimum atomic E-state index is -0.260. The number of methoxy groups -OCH3 is 1. The van der Waals surface area contributed by atoms with Crippen molar-refractivity contribution in [3.05, 3.63) is 72.1 Å². The Kier molecular flexibility index (Phi) is 6.22. The first-order valence-corrected chi connectivity index (χ1v) is 9.29. The fourth-order valence-corrected chi connectivity index (χ4v) is 3.31. The molecule has 1 heterocycles. The zero-order chi connectivity index (χ0) is 19.1. The second-order valence-electron chi connectivity index (χ2n) is 5.68. The standard InChI is InChI=1S/C21H20N2O3S/c1-3-8-15-9-4-6-11-18(15)26-13-20(24)23-21-22-17(14-27-21)16-10-5-7-12-19(16)25-2/h3-7,9-12,14H,1,8,13H2,2H3,(H,22,23,24). The van der Waals surface area contributed by atoms with Gasteiger partial charge in [-0.25, -0.2) is 4.98 Å². The zero-order valence-electron chi connectivity index (χ0n) is 15.0. The summed E-state index contributed by atoms with van der Waals surface area (Å²) in [5.74, 6) is 1.16. The number of thiazole rings is 1. The molecule has 0 aliphatic rings. The van der Waals surface area contributed by atoms with Crippen LogP contribution in [0.3, 0.4) is 0 Å². The first-order chi connectivity index (χ1) is 13.2. The summed E-state index contributed by atoms with van der Waals surface area (Å²) in [5, 5.41) is 5.17. The monoisotopic (exact) mass is 380 g/mol. The highest BCUT2D eigenvalue weighted by atomic mass is 32.1. The van der Waals surface area contributed by atoms with Gasteiger partial charge in [0.25, 0.3) is 5.91 Å². The number of aromatic nitrogens is 1. The van der Waals surface area contributed by atoms with E-state index in [0.29, 0.717) is 17.3 Å². The third kappa shape index (κ3) is 4.74. The van der Waals surface area contributed by atoms with Crippen LogP contribution in [0.1, 0.15) is 5.56 Å². The summed E-state index contributed by atoms with van der Waals surface area (Å²) < 4.78 is 11.0. The van der Waals surface area contributed by atoms with E-state index in [1.54, 1.807) is 13.2 Å². The van der Waals surface area contributed by atoms with E-state index in [9.17, 15) is 4.79 Å². The molecule has 27 heavy (non-hydrogen) atoms. The number of para-hydroxylation sites is 2. The van der Waals surface area contributed by atoms with Crippen LogP contribution in [-0.4, -0.2) is 24.6 Å². The number of nitrogens with one attached hydrogen (secondary N) is 1. The Morgan fingerprint density at radius 2 is 1.93 bits per heavy atom. The van der Waals surface area contributed by atoms with Gasteiger partial charge in [-0.2, -0.15) is 0 Å². The average Bonchev–Trinajstić information content (AvgIpc) is 3.15. The maximum absolute atomic E-state index is 12.2. The molecule has 0 unspecified atom stereocenters. The Morgan fingerprint density at radius 1 is 1.19 bits per heavy atom. The summed E-state index contributed by atoms with van der Waals surface area (Å²) >= 11 is 1.36. The van der Waals surface area contributed by atoms with Gasteiger partial charge in [-0.05, 0) is 30.2 Å². The van der Waals surface area contributed by atoms with Crippen molar-refractivity contribution in [3.63, 3.8) is 0 Å². The maximum atomic E-state index is 12.2. The number of rotatable bonds is 8. The number of anilines is 1. The van der Waals surface area contributed by atoms with Gasteiger partial charge in [0.2, 0.25) is 0 Å². The minimum Gasteiger partial charge on any atom is -0.496 e. The molecule has 0 saturated carbocycles. The molecule has 1 N–H and O–H groups in total. The average molecular weight is 380 g/mol. The number of carbonyl (C=O) groups is 1. The molecule has 0 atom stereocenters. The third-order valence-electron chi connectivity index (χ3n) is 3.83. The number of hydrogen-bond acceptors (Lipinski definition) is 5. The minimum absolute atomic E-state index is 0.0856. The van der Waals surface area contributed by atoms with Gasteiger partial charge in [-0.3, -0.25) is 10.1 Å². The number of hydrogen-bond donors (Lipinski definition) is 1. The Bertz CT molecular complexity index is 936. The fourth-order valence-electron chi connectivity index (χ4n) is 2.58. The van der Waals surface area contributed by atoms with Crippen molar-refractivity contribution in [2.75, 3.05) is 19.0 Å². The Hall–Kier alpha value is -3.12. The number of nitrogens with zero attached hydrogens (tertiary/aromatic N) is 1. The SMILES string of the molecule is C=CCc1ccccc1OCC(=O)Nc1nc(-c2ccccc2OC)cs1. The number of ether oxygens (including phenoxy) is 2. The van der Waals surface area contributed by atoms with E-state index in [-0.39, 0.29) is 12.5 Å². The number of allylic oxidation sites excluding steroid dienone is 1. The molecule has 6 heteroatoms. The third-order valence-corrected chi connectivity index (χ3v) is 4.59. The molecule has 0 bridgehead atoms. The van der Waals surface area contributed by atoms with E-state index >= 15 is 0 Å². The number of amides is 1. The highest BCUT2D eigenvalue weighted by Gasteiger charge is 2.12.